The minimum absolute atomic E-state index is 0.211. The van der Waals surface area contributed by atoms with Crippen molar-refractivity contribution in [1.29, 1.82) is 0 Å². The highest BCUT2D eigenvalue weighted by Crippen LogP contribution is 2.54. The Kier molecular flexibility index (Phi) is 12.7. The van der Waals surface area contributed by atoms with Crippen LogP contribution in [0.5, 0.6) is 63.2 Å². The Morgan fingerprint density at radius 3 is 1.12 bits per heavy atom. The second-order valence-electron chi connectivity index (χ2n) is 9.69. The number of halogens is 2. The minimum atomic E-state index is -0.952. The second kappa shape index (κ2) is 16.5. The van der Waals surface area contributed by atoms with Gasteiger partial charge < -0.3 is 42.6 Å². The molecule has 0 fully saturated rings. The number of benzene rings is 3. The molecule has 0 bridgehead atoms. The summed E-state index contributed by atoms with van der Waals surface area (Å²) < 4.78 is 48.1. The molecule has 0 aliphatic rings. The topological polar surface area (TPSA) is 203 Å². The maximum absolute atomic E-state index is 12.3. The molecule has 264 valence electrons. The van der Waals surface area contributed by atoms with Gasteiger partial charge in [0.2, 0.25) is 11.5 Å². The molecule has 16 nitrogen and oxygen atoms in total. The van der Waals surface area contributed by atoms with Crippen molar-refractivity contribution in [2.24, 2.45) is 0 Å². The lowest BCUT2D eigenvalue weighted by atomic mass is 10.2. The number of hydrogen-bond donors (Lipinski definition) is 0. The van der Waals surface area contributed by atoms with Crippen LogP contribution in [-0.2, 0) is 33.6 Å². The van der Waals surface area contributed by atoms with Crippen molar-refractivity contribution in [3.8, 4) is 63.2 Å². The quantitative estimate of drug-likeness (QED) is 0.162. The summed E-state index contributed by atoms with van der Waals surface area (Å²) in [6.45, 7) is 7.36. The van der Waals surface area contributed by atoms with Crippen LogP contribution in [0.25, 0.3) is 0 Å². The van der Waals surface area contributed by atoms with Crippen LogP contribution >= 0.6 is 23.2 Å². The summed E-state index contributed by atoms with van der Waals surface area (Å²) in [5, 5.41) is -0.802. The summed E-state index contributed by atoms with van der Waals surface area (Å²) in [7, 11) is 0. The molecule has 0 N–H and O–H groups in total. The van der Waals surface area contributed by atoms with Gasteiger partial charge in [-0.25, -0.2) is 0 Å². The molecule has 0 aliphatic carbocycles. The first kappa shape index (κ1) is 38.6. The van der Waals surface area contributed by atoms with Crippen LogP contribution in [0.2, 0.25) is 10.0 Å². The standard InChI is InChI=1S/C32H26Cl2O16/c1-13(35)42-20-10-25(45-16(4)38)30(26(11-20)46-17(5)39)50-24-12-27(47-18(6)40)31(32(29(24)34)48-19(7)41)49-21-8-22(43-14(2)36)28(33)23(9-21)44-15(3)37/h8-12H,1-7H3. The molecule has 3 aromatic carbocycles. The zero-order valence-electron chi connectivity index (χ0n) is 27.2. The van der Waals surface area contributed by atoms with E-state index in [4.69, 9.17) is 65.8 Å². The van der Waals surface area contributed by atoms with Crippen LogP contribution in [0, 0.1) is 0 Å². The van der Waals surface area contributed by atoms with Crippen molar-refractivity contribution in [3.05, 3.63) is 40.4 Å². The van der Waals surface area contributed by atoms with Crippen molar-refractivity contribution < 1.29 is 76.2 Å². The normalized spacial score (nSPS) is 10.3. The fourth-order valence-electron chi connectivity index (χ4n) is 3.84. The number of carbonyl (C=O) groups excluding carboxylic acids is 7. The van der Waals surface area contributed by atoms with E-state index in [-0.39, 0.29) is 28.0 Å². The molecule has 0 aromatic heterocycles. The van der Waals surface area contributed by atoms with Gasteiger partial charge in [-0.1, -0.05) is 23.2 Å². The summed E-state index contributed by atoms with van der Waals surface area (Å²) in [6.07, 6.45) is 0. The smallest absolute Gasteiger partial charge is 0.308 e. The van der Waals surface area contributed by atoms with Crippen LogP contribution in [0.1, 0.15) is 48.5 Å². The van der Waals surface area contributed by atoms with Gasteiger partial charge >= 0.3 is 41.8 Å². The molecule has 0 saturated heterocycles. The van der Waals surface area contributed by atoms with Crippen molar-refractivity contribution >= 4 is 65.0 Å². The molecule has 18 heteroatoms. The lowest BCUT2D eigenvalue weighted by Gasteiger charge is -2.21. The molecule has 3 aromatic rings. The molecule has 3 rings (SSSR count). The third kappa shape index (κ3) is 10.6. The molecule has 0 amide bonds. The number of rotatable bonds is 11. The van der Waals surface area contributed by atoms with Crippen molar-refractivity contribution in [2.45, 2.75) is 48.5 Å². The van der Waals surface area contributed by atoms with E-state index >= 15 is 0 Å². The third-order valence-corrected chi connectivity index (χ3v) is 6.02. The van der Waals surface area contributed by atoms with Gasteiger partial charge in [-0.2, -0.15) is 0 Å². The first-order valence-corrected chi connectivity index (χ1v) is 14.6. The second-order valence-corrected chi connectivity index (χ2v) is 10.4. The molecular formula is C32H26Cl2O16. The van der Waals surface area contributed by atoms with E-state index in [1.807, 2.05) is 0 Å². The van der Waals surface area contributed by atoms with Gasteiger partial charge in [0.25, 0.3) is 0 Å². The monoisotopic (exact) mass is 736 g/mol. The SMILES string of the molecule is CC(=O)Oc1cc(OC(C)=O)c(Oc2cc(OC(C)=O)c(Oc3cc(OC(C)=O)c(Cl)c(OC(C)=O)c3)c(OC(C)=O)c2Cl)c(OC(C)=O)c1. The van der Waals surface area contributed by atoms with Crippen molar-refractivity contribution in [2.75, 3.05) is 0 Å². The summed E-state index contributed by atoms with van der Waals surface area (Å²) in [6, 6.07) is 5.34. The Morgan fingerprint density at radius 2 is 0.720 bits per heavy atom. The Hall–Kier alpha value is -5.87. The number of ether oxygens (including phenoxy) is 9. The molecule has 0 aliphatic heterocycles. The highest BCUT2D eigenvalue weighted by Gasteiger charge is 2.29. The Morgan fingerprint density at radius 1 is 0.360 bits per heavy atom. The van der Waals surface area contributed by atoms with Crippen LogP contribution in [0.4, 0.5) is 0 Å². The zero-order valence-corrected chi connectivity index (χ0v) is 28.7. The van der Waals surface area contributed by atoms with Crippen molar-refractivity contribution in [3.63, 3.8) is 0 Å². The van der Waals surface area contributed by atoms with E-state index in [0.29, 0.717) is 0 Å². The first-order chi connectivity index (χ1) is 23.3. The molecule has 0 radical (unpaired) electrons. The molecule has 0 spiro atoms. The summed E-state index contributed by atoms with van der Waals surface area (Å²) in [5.74, 6) is -10.5. The van der Waals surface area contributed by atoms with E-state index < -0.39 is 87.1 Å². The fraction of sp³-hybridized carbons (Fsp3) is 0.219. The van der Waals surface area contributed by atoms with Gasteiger partial charge in [0, 0.05) is 78.8 Å². The summed E-state index contributed by atoms with van der Waals surface area (Å²) in [4.78, 5) is 83.6. The average Bonchev–Trinajstić information content (AvgIpc) is 2.95. The van der Waals surface area contributed by atoms with Gasteiger partial charge in [-0.15, -0.1) is 0 Å². The highest BCUT2D eigenvalue weighted by atomic mass is 35.5. The summed E-state index contributed by atoms with van der Waals surface area (Å²) >= 11 is 12.9. The molecule has 50 heavy (non-hydrogen) atoms. The van der Waals surface area contributed by atoms with Gasteiger partial charge in [-0.3, -0.25) is 33.6 Å². The number of esters is 7. The maximum atomic E-state index is 12.3. The largest absolute Gasteiger partial charge is 0.449 e. The van der Waals surface area contributed by atoms with Gasteiger partial charge in [-0.05, 0) is 0 Å². The molecule has 0 unspecified atom stereocenters. The van der Waals surface area contributed by atoms with Gasteiger partial charge in [0.15, 0.2) is 40.2 Å². The highest BCUT2D eigenvalue weighted by molar-refractivity contribution is 6.34. The van der Waals surface area contributed by atoms with E-state index in [0.717, 1.165) is 78.8 Å². The first-order valence-electron chi connectivity index (χ1n) is 13.9. The van der Waals surface area contributed by atoms with E-state index in [2.05, 4.69) is 0 Å². The zero-order chi connectivity index (χ0) is 37.4. The number of hydrogen-bond acceptors (Lipinski definition) is 16. The van der Waals surface area contributed by atoms with Gasteiger partial charge in [0.1, 0.15) is 21.5 Å². The molecule has 0 heterocycles. The summed E-state index contributed by atoms with van der Waals surface area (Å²) in [5.41, 5.74) is 0. The maximum Gasteiger partial charge on any atom is 0.308 e. The van der Waals surface area contributed by atoms with Crippen molar-refractivity contribution in [1.82, 2.24) is 0 Å². The van der Waals surface area contributed by atoms with E-state index in [9.17, 15) is 33.6 Å². The Bertz CT molecular complexity index is 1840. The fourth-order valence-corrected chi connectivity index (χ4v) is 4.24. The third-order valence-electron chi connectivity index (χ3n) is 5.29. The Labute approximate surface area is 292 Å². The predicted octanol–water partition coefficient (Wildman–Crippen LogP) is 6.06. The lowest BCUT2D eigenvalue weighted by molar-refractivity contribution is -0.133. The predicted molar refractivity (Wildman–Crippen MR) is 169 cm³/mol. The molecular weight excluding hydrogens is 711 g/mol. The Balaban J connectivity index is 2.34. The average molecular weight is 737 g/mol. The van der Waals surface area contributed by atoms with Crippen LogP contribution in [0.15, 0.2) is 30.3 Å². The molecule has 0 saturated carbocycles. The van der Waals surface area contributed by atoms with Crippen LogP contribution in [-0.4, -0.2) is 41.8 Å². The van der Waals surface area contributed by atoms with Crippen LogP contribution < -0.4 is 42.6 Å². The minimum Gasteiger partial charge on any atom is -0.449 e. The number of carbonyl (C=O) groups is 7. The molecule has 0 atom stereocenters. The van der Waals surface area contributed by atoms with Gasteiger partial charge in [0.05, 0.1) is 0 Å². The lowest BCUT2D eigenvalue weighted by Crippen LogP contribution is -2.10. The van der Waals surface area contributed by atoms with E-state index in [1.165, 1.54) is 0 Å². The van der Waals surface area contributed by atoms with Crippen LogP contribution in [0.3, 0.4) is 0 Å². The van der Waals surface area contributed by atoms with E-state index in [1.54, 1.807) is 0 Å².